The van der Waals surface area contributed by atoms with Crippen LogP contribution in [0.15, 0.2) is 122 Å². The van der Waals surface area contributed by atoms with Crippen LogP contribution >= 0.6 is 0 Å². The molecule has 0 aliphatic carbocycles. The number of carbonyl (C=O) groups excluding carboxylic acids is 2. The highest BCUT2D eigenvalue weighted by Crippen LogP contribution is 2.37. The summed E-state index contributed by atoms with van der Waals surface area (Å²) in [4.78, 5) is 63.3. The van der Waals surface area contributed by atoms with Gasteiger partial charge in [0.25, 0.3) is 0 Å². The van der Waals surface area contributed by atoms with E-state index in [1.54, 1.807) is 37.5 Å². The van der Waals surface area contributed by atoms with E-state index >= 15 is 0 Å². The first-order chi connectivity index (χ1) is 29.2. The second-order valence-corrected chi connectivity index (χ2v) is 16.0. The summed E-state index contributed by atoms with van der Waals surface area (Å²) >= 11 is 0. The standard InChI is InChI=1S/C48H52N8O4/c1-32(53(2)46(57)42(54(3)48(59)60)37-14-7-4-8-15-37)44-49-30-39(51-44)35-23-19-33(20-24-35)34-21-25-36(26-22-34)40-31-50-45(52-40)41-18-13-29-56(41)47(58)43(38-16-9-5-10-17-38)55-27-11-6-12-28-55/h4-5,7-10,14-17,19-26,30-32,41-43H,6,11-13,18,27-29H2,1-3H3,(H,49,51)(H,50,52)(H,59,60)/t32-,41-,42+,43+/m0/s1. The van der Waals surface area contributed by atoms with Crippen molar-refractivity contribution >= 4 is 17.9 Å². The van der Waals surface area contributed by atoms with Crippen LogP contribution in [0.3, 0.4) is 0 Å². The average Bonchev–Trinajstić information content (AvgIpc) is 4.10. The Hall–Kier alpha value is -6.53. The lowest BCUT2D eigenvalue weighted by atomic mass is 10.00. The number of H-pyrrole nitrogens is 2. The van der Waals surface area contributed by atoms with Crippen LogP contribution in [0.4, 0.5) is 4.79 Å². The SMILES string of the molecule is C[C@@H](c1ncc(-c2ccc(-c3ccc(-c4cnc([C@@H]5CCCN5C(=O)[C@@H](c5ccccc5)N5CCCCC5)[nH]4)cc3)cc2)[nH]1)N(C)C(=O)[C@@H](c1ccccc1)N(C)C(=O)O. The first-order valence-electron chi connectivity index (χ1n) is 20.9. The van der Waals surface area contributed by atoms with E-state index in [-0.39, 0.29) is 23.9 Å². The number of amides is 3. The number of likely N-dealkylation sites (tertiary alicyclic amines) is 2. The van der Waals surface area contributed by atoms with Gasteiger partial charge in [-0.25, -0.2) is 14.8 Å². The maximum Gasteiger partial charge on any atom is 0.407 e. The molecule has 60 heavy (non-hydrogen) atoms. The molecule has 2 aliphatic rings. The second-order valence-electron chi connectivity index (χ2n) is 16.0. The van der Waals surface area contributed by atoms with Crippen molar-refractivity contribution < 1.29 is 19.5 Å². The Labute approximate surface area is 350 Å². The number of nitrogens with one attached hydrogen (secondary N) is 2. The number of likely N-dealkylation sites (N-methyl/N-ethyl adjacent to an activating group) is 2. The highest BCUT2D eigenvalue weighted by atomic mass is 16.4. The fraction of sp³-hybridized carbons (Fsp3) is 0.312. The van der Waals surface area contributed by atoms with Crippen LogP contribution in [-0.4, -0.2) is 96.3 Å². The molecular formula is C48H52N8O4. The molecule has 4 atom stereocenters. The van der Waals surface area contributed by atoms with Crippen LogP contribution in [-0.2, 0) is 9.59 Å². The van der Waals surface area contributed by atoms with Gasteiger partial charge in [-0.3, -0.25) is 19.4 Å². The van der Waals surface area contributed by atoms with Gasteiger partial charge in [-0.1, -0.05) is 116 Å². The van der Waals surface area contributed by atoms with Gasteiger partial charge in [0, 0.05) is 20.6 Å². The number of hydrogen-bond donors (Lipinski definition) is 3. The van der Waals surface area contributed by atoms with Crippen LogP contribution in [0, 0.1) is 0 Å². The van der Waals surface area contributed by atoms with Gasteiger partial charge in [-0.2, -0.15) is 0 Å². The van der Waals surface area contributed by atoms with Crippen LogP contribution in [0.5, 0.6) is 0 Å². The van der Waals surface area contributed by atoms with E-state index in [2.05, 4.69) is 73.3 Å². The number of carbonyl (C=O) groups is 3. The summed E-state index contributed by atoms with van der Waals surface area (Å²) in [5, 5.41) is 9.73. The van der Waals surface area contributed by atoms with Crippen LogP contribution < -0.4 is 0 Å². The quantitative estimate of drug-likeness (QED) is 0.112. The molecule has 0 bridgehead atoms. The van der Waals surface area contributed by atoms with E-state index < -0.39 is 18.2 Å². The number of piperidine rings is 1. The monoisotopic (exact) mass is 804 g/mol. The lowest BCUT2D eigenvalue weighted by Crippen LogP contribution is -2.44. The van der Waals surface area contributed by atoms with Crippen molar-refractivity contribution in [1.29, 1.82) is 0 Å². The number of hydrogen-bond acceptors (Lipinski definition) is 6. The predicted molar refractivity (Wildman–Crippen MR) is 231 cm³/mol. The molecule has 308 valence electrons. The van der Waals surface area contributed by atoms with Crippen LogP contribution in [0.1, 0.15) is 86.0 Å². The Kier molecular flexibility index (Phi) is 11.9. The first kappa shape index (κ1) is 40.3. The average molecular weight is 805 g/mol. The molecule has 2 aromatic heterocycles. The lowest BCUT2D eigenvalue weighted by Gasteiger charge is -2.37. The number of rotatable bonds is 12. The fourth-order valence-electron chi connectivity index (χ4n) is 8.67. The zero-order valence-electron chi connectivity index (χ0n) is 34.4. The van der Waals surface area contributed by atoms with Gasteiger partial charge in [0.05, 0.1) is 35.9 Å². The predicted octanol–water partition coefficient (Wildman–Crippen LogP) is 8.90. The molecule has 0 radical (unpaired) electrons. The van der Waals surface area contributed by atoms with E-state index in [4.69, 9.17) is 4.98 Å². The van der Waals surface area contributed by atoms with Gasteiger partial charge < -0.3 is 24.9 Å². The van der Waals surface area contributed by atoms with Crippen molar-refractivity contribution in [3.63, 3.8) is 0 Å². The number of aromatic nitrogens is 4. The molecule has 12 heteroatoms. The molecule has 12 nitrogen and oxygen atoms in total. The first-order valence-corrected chi connectivity index (χ1v) is 20.9. The summed E-state index contributed by atoms with van der Waals surface area (Å²) in [5.41, 5.74) is 7.48. The molecule has 0 spiro atoms. The molecular weight excluding hydrogens is 753 g/mol. The molecule has 0 saturated carbocycles. The highest BCUT2D eigenvalue weighted by molar-refractivity contribution is 5.87. The van der Waals surface area contributed by atoms with Crippen molar-refractivity contribution in [1.82, 2.24) is 39.5 Å². The smallest absolute Gasteiger partial charge is 0.407 e. The summed E-state index contributed by atoms with van der Waals surface area (Å²) in [6.07, 6.45) is 7.73. The van der Waals surface area contributed by atoms with Crippen LogP contribution in [0.25, 0.3) is 33.6 Å². The molecule has 6 aromatic rings. The minimum absolute atomic E-state index is 0.0876. The van der Waals surface area contributed by atoms with E-state index in [9.17, 15) is 19.5 Å². The second kappa shape index (κ2) is 17.8. The van der Waals surface area contributed by atoms with Gasteiger partial charge in [0.15, 0.2) is 0 Å². The summed E-state index contributed by atoms with van der Waals surface area (Å²) in [7, 11) is 3.07. The summed E-state index contributed by atoms with van der Waals surface area (Å²) in [6, 6.07) is 34.0. The maximum absolute atomic E-state index is 14.4. The number of imidazole rings is 2. The topological polar surface area (TPSA) is 142 Å². The normalized spacial score (nSPS) is 17.2. The van der Waals surface area contributed by atoms with E-state index in [0.29, 0.717) is 11.4 Å². The molecule has 0 unspecified atom stereocenters. The zero-order chi connectivity index (χ0) is 41.8. The lowest BCUT2D eigenvalue weighted by molar-refractivity contribution is -0.139. The summed E-state index contributed by atoms with van der Waals surface area (Å²) in [5.74, 6) is 1.24. The van der Waals surface area contributed by atoms with Crippen molar-refractivity contribution in [2.45, 2.75) is 63.2 Å². The van der Waals surface area contributed by atoms with Crippen molar-refractivity contribution in [2.75, 3.05) is 33.7 Å². The minimum Gasteiger partial charge on any atom is -0.465 e. The molecule has 3 N–H and O–H groups in total. The molecule has 2 aliphatic heterocycles. The Balaban J connectivity index is 0.924. The van der Waals surface area contributed by atoms with Crippen molar-refractivity contribution in [3.8, 4) is 33.6 Å². The Morgan fingerprint density at radius 1 is 0.667 bits per heavy atom. The van der Waals surface area contributed by atoms with Gasteiger partial charge in [-0.15, -0.1) is 0 Å². The molecule has 4 heterocycles. The Bertz CT molecular complexity index is 2390. The van der Waals surface area contributed by atoms with Crippen LogP contribution in [0.2, 0.25) is 0 Å². The van der Waals surface area contributed by atoms with Gasteiger partial charge >= 0.3 is 6.09 Å². The molecule has 4 aromatic carbocycles. The molecule has 2 saturated heterocycles. The summed E-state index contributed by atoms with van der Waals surface area (Å²) in [6.45, 7) is 4.47. The third-order valence-electron chi connectivity index (χ3n) is 12.2. The van der Waals surface area contributed by atoms with Gasteiger partial charge in [0.1, 0.15) is 23.7 Å². The molecule has 3 amide bonds. The Morgan fingerprint density at radius 3 is 1.82 bits per heavy atom. The van der Waals surface area contributed by atoms with E-state index in [1.807, 2.05) is 49.5 Å². The van der Waals surface area contributed by atoms with Gasteiger partial charge in [-0.05, 0) is 79.1 Å². The molecule has 2 fully saturated rings. The number of aromatic amines is 2. The maximum atomic E-state index is 14.4. The third-order valence-corrected chi connectivity index (χ3v) is 12.2. The minimum atomic E-state index is -1.19. The largest absolute Gasteiger partial charge is 0.465 e. The fourth-order valence-corrected chi connectivity index (χ4v) is 8.67. The van der Waals surface area contributed by atoms with Crippen molar-refractivity contribution in [2.24, 2.45) is 0 Å². The number of nitrogens with zero attached hydrogens (tertiary/aromatic N) is 6. The summed E-state index contributed by atoms with van der Waals surface area (Å²) < 4.78 is 0. The van der Waals surface area contributed by atoms with Gasteiger partial charge in [0.2, 0.25) is 11.8 Å². The van der Waals surface area contributed by atoms with E-state index in [1.165, 1.54) is 18.4 Å². The molecule has 8 rings (SSSR count). The Morgan fingerprint density at radius 2 is 1.22 bits per heavy atom. The number of benzene rings is 4. The third kappa shape index (κ3) is 8.33. The highest BCUT2D eigenvalue weighted by Gasteiger charge is 2.39. The van der Waals surface area contributed by atoms with E-state index in [0.717, 1.165) is 95.2 Å². The van der Waals surface area contributed by atoms with Crippen molar-refractivity contribution in [3.05, 3.63) is 144 Å². The number of carboxylic acid groups (broad SMARTS) is 1. The zero-order valence-corrected chi connectivity index (χ0v) is 34.4.